The highest BCUT2D eigenvalue weighted by atomic mass is 19.1. The largest absolute Gasteiger partial charge is 0.436 e. The molecule has 250 valence electrons. The summed E-state index contributed by atoms with van der Waals surface area (Å²) in [5.74, 6) is -2.13. The van der Waals surface area contributed by atoms with E-state index in [4.69, 9.17) is 4.74 Å². The van der Waals surface area contributed by atoms with E-state index in [-0.39, 0.29) is 34.5 Å². The van der Waals surface area contributed by atoms with Crippen molar-refractivity contribution < 1.29 is 23.1 Å². The lowest BCUT2D eigenvalue weighted by Crippen LogP contribution is -2.42. The number of rotatable bonds is 9. The fourth-order valence-corrected chi connectivity index (χ4v) is 5.92. The van der Waals surface area contributed by atoms with Gasteiger partial charge in [-0.25, -0.2) is 28.1 Å². The average molecular weight is 660 g/mol. The zero-order valence-corrected chi connectivity index (χ0v) is 26.6. The van der Waals surface area contributed by atoms with Gasteiger partial charge in [0.25, 0.3) is 11.5 Å². The minimum absolute atomic E-state index is 0.0349. The van der Waals surface area contributed by atoms with Crippen molar-refractivity contribution in [2.75, 3.05) is 31.5 Å². The Bertz CT molecular complexity index is 1970. The molecule has 0 aliphatic carbocycles. The van der Waals surface area contributed by atoms with E-state index in [1.807, 2.05) is 0 Å². The third-order valence-corrected chi connectivity index (χ3v) is 8.56. The summed E-state index contributed by atoms with van der Waals surface area (Å²) in [6.45, 7) is 7.00. The predicted molar refractivity (Wildman–Crippen MR) is 173 cm³/mol. The third-order valence-electron chi connectivity index (χ3n) is 8.56. The SMILES string of the molecule is CC(C)n1cc(C(=O)Nc2ccc(Oc3ncnc4c3CCN(C(=O)CCN3CCCC3)C4)c(F)c2)c(=O)n(-c2ccc(F)cc2)c1=O. The third kappa shape index (κ3) is 6.88. The molecule has 0 unspecified atom stereocenters. The van der Waals surface area contributed by atoms with Crippen LogP contribution >= 0.6 is 0 Å². The summed E-state index contributed by atoms with van der Waals surface area (Å²) in [6.07, 6.45) is 5.70. The molecule has 4 heterocycles. The van der Waals surface area contributed by atoms with Crippen LogP contribution in [-0.4, -0.2) is 66.9 Å². The molecule has 6 rings (SSSR count). The Balaban J connectivity index is 1.17. The summed E-state index contributed by atoms with van der Waals surface area (Å²) >= 11 is 0. The van der Waals surface area contributed by atoms with Crippen LogP contribution in [0.5, 0.6) is 11.6 Å². The number of amides is 2. The van der Waals surface area contributed by atoms with E-state index in [0.717, 1.165) is 48.6 Å². The second-order valence-electron chi connectivity index (χ2n) is 12.1. The van der Waals surface area contributed by atoms with Crippen molar-refractivity contribution in [1.29, 1.82) is 0 Å². The molecule has 2 aliphatic heterocycles. The molecule has 0 spiro atoms. The number of benzene rings is 2. The quantitative estimate of drug-likeness (QED) is 0.285. The zero-order valence-electron chi connectivity index (χ0n) is 26.6. The smallest absolute Gasteiger partial charge is 0.335 e. The molecule has 0 atom stereocenters. The fraction of sp³-hybridized carbons (Fsp3) is 0.353. The van der Waals surface area contributed by atoms with E-state index >= 15 is 4.39 Å². The summed E-state index contributed by atoms with van der Waals surface area (Å²) in [6, 6.07) is 8.08. The number of aromatic nitrogens is 4. The van der Waals surface area contributed by atoms with Gasteiger partial charge in [0.05, 0.1) is 17.9 Å². The number of hydrogen-bond donors (Lipinski definition) is 1. The van der Waals surface area contributed by atoms with Crippen molar-refractivity contribution in [2.45, 2.75) is 52.1 Å². The van der Waals surface area contributed by atoms with Gasteiger partial charge in [-0.15, -0.1) is 0 Å². The standard InChI is InChI=1S/C34H35F2N7O5/c1-21(2)42-18-26(33(46)43(34(42)47)24-8-5-22(35)6-9-24)31(45)39-23-7-10-29(27(36)17-23)48-32-25-11-16-41(19-28(25)37-20-38-32)30(44)12-15-40-13-3-4-14-40/h5-10,17-18,20-21H,3-4,11-16,19H2,1-2H3,(H,39,45). The normalized spacial score (nSPS) is 14.6. The lowest BCUT2D eigenvalue weighted by atomic mass is 10.1. The molecule has 2 aromatic carbocycles. The van der Waals surface area contributed by atoms with Gasteiger partial charge in [0.2, 0.25) is 11.8 Å². The van der Waals surface area contributed by atoms with Crippen LogP contribution in [0.1, 0.15) is 60.8 Å². The van der Waals surface area contributed by atoms with Crippen molar-refractivity contribution in [2.24, 2.45) is 0 Å². The first-order valence-corrected chi connectivity index (χ1v) is 15.8. The second kappa shape index (κ2) is 13.9. The minimum atomic E-state index is -0.915. The first kappa shape index (κ1) is 32.7. The Morgan fingerprint density at radius 1 is 1.00 bits per heavy atom. The highest BCUT2D eigenvalue weighted by Crippen LogP contribution is 2.31. The molecule has 2 aliphatic rings. The van der Waals surface area contributed by atoms with E-state index in [2.05, 4.69) is 20.2 Å². The van der Waals surface area contributed by atoms with Crippen LogP contribution in [0, 0.1) is 11.6 Å². The maximum absolute atomic E-state index is 15.3. The summed E-state index contributed by atoms with van der Waals surface area (Å²) in [5.41, 5.74) is -0.533. The van der Waals surface area contributed by atoms with Crippen molar-refractivity contribution >= 4 is 17.5 Å². The van der Waals surface area contributed by atoms with Gasteiger partial charge in [0.15, 0.2) is 11.6 Å². The number of nitrogens with one attached hydrogen (secondary N) is 1. The molecule has 1 fully saturated rings. The highest BCUT2D eigenvalue weighted by Gasteiger charge is 2.26. The van der Waals surface area contributed by atoms with Gasteiger partial charge in [-0.2, -0.15) is 0 Å². The van der Waals surface area contributed by atoms with Gasteiger partial charge in [-0.05, 0) is 82.6 Å². The number of halogens is 2. The molecular formula is C34H35F2N7O5. The Morgan fingerprint density at radius 2 is 1.75 bits per heavy atom. The first-order chi connectivity index (χ1) is 23.1. The summed E-state index contributed by atoms with van der Waals surface area (Å²) in [7, 11) is 0. The molecular weight excluding hydrogens is 624 g/mol. The average Bonchev–Trinajstić information content (AvgIpc) is 3.59. The van der Waals surface area contributed by atoms with Gasteiger partial charge in [-0.1, -0.05) is 0 Å². The number of likely N-dealkylation sites (tertiary alicyclic amines) is 1. The topological polar surface area (TPSA) is 132 Å². The van der Waals surface area contributed by atoms with Crippen LogP contribution in [0.25, 0.3) is 5.69 Å². The summed E-state index contributed by atoms with van der Waals surface area (Å²) in [5, 5.41) is 2.51. The second-order valence-corrected chi connectivity index (χ2v) is 12.1. The van der Waals surface area contributed by atoms with Crippen molar-refractivity contribution in [3.63, 3.8) is 0 Å². The van der Waals surface area contributed by atoms with E-state index in [1.165, 1.54) is 48.0 Å². The zero-order chi connectivity index (χ0) is 33.9. The number of hydrogen-bond acceptors (Lipinski definition) is 8. The molecule has 14 heteroatoms. The number of carbonyl (C=O) groups excluding carboxylic acids is 2. The number of anilines is 1. The Labute approximate surface area is 274 Å². The Hall–Kier alpha value is -5.24. The van der Waals surface area contributed by atoms with Gasteiger partial charge in [-0.3, -0.25) is 19.0 Å². The van der Waals surface area contributed by atoms with Gasteiger partial charge in [0.1, 0.15) is 17.7 Å². The predicted octanol–water partition coefficient (Wildman–Crippen LogP) is 4.06. The Kier molecular flexibility index (Phi) is 9.44. The summed E-state index contributed by atoms with van der Waals surface area (Å²) in [4.78, 5) is 65.2. The Morgan fingerprint density at radius 3 is 2.46 bits per heavy atom. The van der Waals surface area contributed by atoms with Crippen LogP contribution in [-0.2, 0) is 17.8 Å². The molecule has 1 N–H and O–H groups in total. The molecule has 0 bridgehead atoms. The van der Waals surface area contributed by atoms with Crippen molar-refractivity contribution in [3.8, 4) is 17.3 Å². The van der Waals surface area contributed by atoms with Crippen LogP contribution in [0.4, 0.5) is 14.5 Å². The molecule has 12 nitrogen and oxygen atoms in total. The molecule has 48 heavy (non-hydrogen) atoms. The van der Waals surface area contributed by atoms with Crippen molar-refractivity contribution in [1.82, 2.24) is 28.9 Å². The highest BCUT2D eigenvalue weighted by molar-refractivity contribution is 6.03. The first-order valence-electron chi connectivity index (χ1n) is 15.8. The van der Waals surface area contributed by atoms with E-state index in [0.29, 0.717) is 37.2 Å². The van der Waals surface area contributed by atoms with E-state index in [9.17, 15) is 23.6 Å². The maximum Gasteiger partial charge on any atom is 0.335 e. The van der Waals surface area contributed by atoms with E-state index < -0.39 is 34.8 Å². The summed E-state index contributed by atoms with van der Waals surface area (Å²) < 4.78 is 36.7. The van der Waals surface area contributed by atoms with Crippen LogP contribution in [0.15, 0.2) is 64.6 Å². The van der Waals surface area contributed by atoms with Gasteiger partial charge >= 0.3 is 5.69 Å². The fourth-order valence-electron chi connectivity index (χ4n) is 5.92. The van der Waals surface area contributed by atoms with Crippen LogP contribution < -0.4 is 21.3 Å². The molecule has 2 amide bonds. The molecule has 0 radical (unpaired) electrons. The lowest BCUT2D eigenvalue weighted by Gasteiger charge is -2.29. The molecule has 0 saturated carbocycles. The number of nitrogens with zero attached hydrogens (tertiary/aromatic N) is 6. The number of ether oxygens (including phenoxy) is 1. The monoisotopic (exact) mass is 659 g/mol. The lowest BCUT2D eigenvalue weighted by molar-refractivity contribution is -0.132. The van der Waals surface area contributed by atoms with Gasteiger partial charge in [0, 0.05) is 49.1 Å². The maximum atomic E-state index is 15.3. The van der Waals surface area contributed by atoms with E-state index in [1.54, 1.807) is 18.7 Å². The minimum Gasteiger partial charge on any atom is -0.436 e. The molecule has 4 aromatic rings. The van der Waals surface area contributed by atoms with Crippen LogP contribution in [0.3, 0.4) is 0 Å². The van der Waals surface area contributed by atoms with Crippen molar-refractivity contribution in [3.05, 3.63) is 104 Å². The number of fused-ring (bicyclic) bond motifs is 1. The van der Waals surface area contributed by atoms with Gasteiger partial charge < -0.3 is 19.9 Å². The molecule has 1 saturated heterocycles. The molecule has 2 aromatic heterocycles. The number of carbonyl (C=O) groups is 2. The van der Waals surface area contributed by atoms with Crippen LogP contribution in [0.2, 0.25) is 0 Å².